The molecule has 2 aliphatic heterocycles. The number of carbonyl (C=O) groups excluding carboxylic acids is 2. The molecule has 3 aliphatic rings. The SMILES string of the molecule is O=C1CCc2c(OCCCCCN3CCC(NC(=O)OCC4CC4)CC3)ccc(Cl)c2N1. The van der Waals surface area contributed by atoms with Gasteiger partial charge in [0.1, 0.15) is 5.75 Å². The number of hydrogen-bond acceptors (Lipinski definition) is 5. The lowest BCUT2D eigenvalue weighted by Gasteiger charge is -2.32. The van der Waals surface area contributed by atoms with Crippen LogP contribution >= 0.6 is 11.6 Å². The molecular weight excluding hydrogens is 430 g/mol. The van der Waals surface area contributed by atoms with E-state index in [2.05, 4.69) is 15.5 Å². The summed E-state index contributed by atoms with van der Waals surface area (Å²) >= 11 is 6.22. The minimum Gasteiger partial charge on any atom is -0.493 e. The summed E-state index contributed by atoms with van der Waals surface area (Å²) < 4.78 is 11.3. The van der Waals surface area contributed by atoms with Crippen molar-refractivity contribution in [1.82, 2.24) is 10.2 Å². The van der Waals surface area contributed by atoms with E-state index in [1.165, 1.54) is 12.8 Å². The molecule has 2 heterocycles. The Hall–Kier alpha value is -1.99. The predicted molar refractivity (Wildman–Crippen MR) is 124 cm³/mol. The quantitative estimate of drug-likeness (QED) is 0.503. The maximum absolute atomic E-state index is 11.8. The highest BCUT2D eigenvalue weighted by atomic mass is 35.5. The van der Waals surface area contributed by atoms with E-state index in [0.29, 0.717) is 42.7 Å². The van der Waals surface area contributed by atoms with Crippen LogP contribution < -0.4 is 15.4 Å². The number of halogens is 1. The lowest BCUT2D eigenvalue weighted by Crippen LogP contribution is -2.45. The first-order valence-corrected chi connectivity index (χ1v) is 12.4. The van der Waals surface area contributed by atoms with Crippen molar-refractivity contribution in [2.24, 2.45) is 5.92 Å². The average Bonchev–Trinajstić information content (AvgIpc) is 3.62. The van der Waals surface area contributed by atoms with Crippen molar-refractivity contribution in [3.8, 4) is 5.75 Å². The van der Waals surface area contributed by atoms with Gasteiger partial charge in [-0.1, -0.05) is 11.6 Å². The second-order valence-electron chi connectivity index (χ2n) is 9.16. The van der Waals surface area contributed by atoms with Crippen molar-refractivity contribution in [3.63, 3.8) is 0 Å². The highest BCUT2D eigenvalue weighted by Crippen LogP contribution is 2.37. The third-order valence-corrected chi connectivity index (χ3v) is 6.83. The van der Waals surface area contributed by atoms with Crippen LogP contribution in [0.2, 0.25) is 5.02 Å². The Bertz CT molecular complexity index is 807. The Kier molecular flexibility index (Phi) is 8.14. The topological polar surface area (TPSA) is 79.9 Å². The van der Waals surface area contributed by atoms with Gasteiger partial charge in [-0.3, -0.25) is 4.79 Å². The van der Waals surface area contributed by atoms with Crippen LogP contribution in [0.3, 0.4) is 0 Å². The molecule has 7 nitrogen and oxygen atoms in total. The number of amides is 2. The lowest BCUT2D eigenvalue weighted by molar-refractivity contribution is -0.116. The van der Waals surface area contributed by atoms with Gasteiger partial charge in [0.05, 0.1) is 23.9 Å². The van der Waals surface area contributed by atoms with Gasteiger partial charge in [0.2, 0.25) is 5.91 Å². The molecule has 0 unspecified atom stereocenters. The normalized spacial score (nSPS) is 19.2. The first-order chi connectivity index (χ1) is 15.6. The first kappa shape index (κ1) is 23.2. The molecule has 0 radical (unpaired) electrons. The maximum Gasteiger partial charge on any atom is 0.407 e. The van der Waals surface area contributed by atoms with Gasteiger partial charge in [0.15, 0.2) is 0 Å². The minimum atomic E-state index is -0.250. The third kappa shape index (κ3) is 6.75. The van der Waals surface area contributed by atoms with Crippen LogP contribution in [0.25, 0.3) is 0 Å². The van der Waals surface area contributed by atoms with Gasteiger partial charge < -0.3 is 25.0 Å². The molecule has 2 fully saturated rings. The van der Waals surface area contributed by atoms with Gasteiger partial charge in [-0.15, -0.1) is 0 Å². The van der Waals surface area contributed by atoms with Crippen molar-refractivity contribution in [2.45, 2.75) is 63.8 Å². The third-order valence-electron chi connectivity index (χ3n) is 6.52. The maximum atomic E-state index is 11.8. The number of ether oxygens (including phenoxy) is 2. The van der Waals surface area contributed by atoms with E-state index in [-0.39, 0.29) is 18.0 Å². The fraction of sp³-hybridized carbons (Fsp3) is 0.667. The number of unbranched alkanes of at least 4 members (excludes halogenated alkanes) is 2. The van der Waals surface area contributed by atoms with Crippen molar-refractivity contribution in [3.05, 3.63) is 22.7 Å². The molecule has 0 aromatic heterocycles. The number of nitrogens with zero attached hydrogens (tertiary/aromatic N) is 1. The van der Waals surface area contributed by atoms with E-state index < -0.39 is 0 Å². The molecule has 0 atom stereocenters. The van der Waals surface area contributed by atoms with E-state index in [0.717, 1.165) is 63.1 Å². The van der Waals surface area contributed by atoms with Crippen molar-refractivity contribution < 1.29 is 19.1 Å². The summed E-state index contributed by atoms with van der Waals surface area (Å²) in [6, 6.07) is 3.92. The zero-order valence-electron chi connectivity index (χ0n) is 18.7. The fourth-order valence-corrected chi connectivity index (χ4v) is 4.57. The molecule has 1 aliphatic carbocycles. The zero-order valence-corrected chi connectivity index (χ0v) is 19.4. The molecular formula is C24H34ClN3O4. The molecule has 4 rings (SSSR count). The van der Waals surface area contributed by atoms with Crippen LogP contribution in [0.15, 0.2) is 12.1 Å². The van der Waals surface area contributed by atoms with E-state index in [1.807, 2.05) is 6.07 Å². The summed E-state index contributed by atoms with van der Waals surface area (Å²) in [4.78, 5) is 25.9. The number of carbonyl (C=O) groups is 2. The highest BCUT2D eigenvalue weighted by Gasteiger charge is 2.25. The molecule has 1 aromatic rings. The summed E-state index contributed by atoms with van der Waals surface area (Å²) in [5.41, 5.74) is 1.71. The van der Waals surface area contributed by atoms with E-state index in [4.69, 9.17) is 21.1 Å². The summed E-state index contributed by atoms with van der Waals surface area (Å²) in [5.74, 6) is 1.44. The van der Waals surface area contributed by atoms with E-state index in [9.17, 15) is 9.59 Å². The van der Waals surface area contributed by atoms with Crippen molar-refractivity contribution in [1.29, 1.82) is 0 Å². The van der Waals surface area contributed by atoms with Crippen molar-refractivity contribution >= 4 is 29.3 Å². The highest BCUT2D eigenvalue weighted by molar-refractivity contribution is 6.34. The molecule has 8 heteroatoms. The molecule has 0 spiro atoms. The number of fused-ring (bicyclic) bond motifs is 1. The number of alkyl carbamates (subject to hydrolysis) is 1. The van der Waals surface area contributed by atoms with Crippen LogP contribution in [-0.2, 0) is 16.0 Å². The number of hydrogen-bond donors (Lipinski definition) is 2. The standard InChI is InChI=1S/C24H34ClN3O4/c25-20-7-8-21(19-6-9-22(29)27-23(19)20)31-15-3-1-2-12-28-13-10-18(11-14-28)26-24(30)32-16-17-4-5-17/h7-8,17-18H,1-6,9-16H2,(H,26,30)(H,27,29). The molecule has 1 saturated carbocycles. The smallest absolute Gasteiger partial charge is 0.407 e. The Balaban J connectivity index is 1.07. The molecule has 1 aromatic carbocycles. The summed E-state index contributed by atoms with van der Waals surface area (Å²) in [6.45, 7) is 4.36. The molecule has 2 amide bonds. The van der Waals surface area contributed by atoms with Crippen LogP contribution in [0.1, 0.15) is 56.9 Å². The number of likely N-dealkylation sites (tertiary alicyclic amines) is 1. The largest absolute Gasteiger partial charge is 0.493 e. The molecule has 32 heavy (non-hydrogen) atoms. The number of rotatable bonds is 10. The van der Waals surface area contributed by atoms with Crippen molar-refractivity contribution in [2.75, 3.05) is 38.2 Å². The Morgan fingerprint density at radius 2 is 1.94 bits per heavy atom. The molecule has 0 bridgehead atoms. The van der Waals surface area contributed by atoms with Gasteiger partial charge >= 0.3 is 6.09 Å². The number of anilines is 1. The number of benzene rings is 1. The second kappa shape index (κ2) is 11.2. The number of piperidine rings is 1. The number of nitrogens with one attached hydrogen (secondary N) is 2. The Labute approximate surface area is 195 Å². The van der Waals surface area contributed by atoms with E-state index >= 15 is 0 Å². The zero-order chi connectivity index (χ0) is 22.3. The lowest BCUT2D eigenvalue weighted by atomic mass is 10.0. The molecule has 1 saturated heterocycles. The molecule has 2 N–H and O–H groups in total. The average molecular weight is 464 g/mol. The van der Waals surface area contributed by atoms with E-state index in [1.54, 1.807) is 6.07 Å². The van der Waals surface area contributed by atoms with Crippen LogP contribution in [0, 0.1) is 5.92 Å². The van der Waals surface area contributed by atoms with Crippen LogP contribution in [0.4, 0.5) is 10.5 Å². The summed E-state index contributed by atoms with van der Waals surface area (Å²) in [5, 5.41) is 6.43. The Morgan fingerprint density at radius 3 is 2.72 bits per heavy atom. The van der Waals surface area contributed by atoms with Gasteiger partial charge in [0, 0.05) is 31.1 Å². The fourth-order valence-electron chi connectivity index (χ4n) is 4.34. The first-order valence-electron chi connectivity index (χ1n) is 12.0. The Morgan fingerprint density at radius 1 is 1.12 bits per heavy atom. The minimum absolute atomic E-state index is 0.00451. The summed E-state index contributed by atoms with van der Waals surface area (Å²) in [7, 11) is 0. The second-order valence-corrected chi connectivity index (χ2v) is 9.57. The monoisotopic (exact) mass is 463 g/mol. The molecule has 176 valence electrons. The summed E-state index contributed by atoms with van der Waals surface area (Å²) in [6.07, 6.45) is 8.49. The van der Waals surface area contributed by atoms with Crippen LogP contribution in [-0.4, -0.2) is 55.8 Å². The van der Waals surface area contributed by atoms with Gasteiger partial charge in [-0.2, -0.15) is 0 Å². The predicted octanol–water partition coefficient (Wildman–Crippen LogP) is 4.37. The van der Waals surface area contributed by atoms with Gasteiger partial charge in [-0.05, 0) is 76.0 Å². The van der Waals surface area contributed by atoms with Gasteiger partial charge in [-0.25, -0.2) is 4.79 Å². The van der Waals surface area contributed by atoms with Gasteiger partial charge in [0.25, 0.3) is 0 Å². The van der Waals surface area contributed by atoms with Crippen LogP contribution in [0.5, 0.6) is 5.75 Å².